The molecule has 0 bridgehead atoms. The van der Waals surface area contributed by atoms with Crippen LogP contribution < -0.4 is 20.7 Å². The van der Waals surface area contributed by atoms with Gasteiger partial charge in [-0.2, -0.15) is 0 Å². The summed E-state index contributed by atoms with van der Waals surface area (Å²) in [6, 6.07) is 6.52. The molecule has 0 spiro atoms. The summed E-state index contributed by atoms with van der Waals surface area (Å²) in [5, 5.41) is 13.6. The fourth-order valence-electron chi connectivity index (χ4n) is 4.74. The number of benzene rings is 1. The van der Waals surface area contributed by atoms with Gasteiger partial charge in [0.1, 0.15) is 11.8 Å². The first-order chi connectivity index (χ1) is 17.8. The van der Waals surface area contributed by atoms with Crippen LogP contribution in [0.4, 0.5) is 15.9 Å². The molecule has 4 aromatic rings. The molecule has 1 amide bonds. The minimum absolute atomic E-state index is 0.109. The number of nitrogens with two attached hydrogens (primary N) is 1. The number of ether oxygens (including phenoxy) is 1. The van der Waals surface area contributed by atoms with Gasteiger partial charge in [0.15, 0.2) is 28.6 Å². The minimum atomic E-state index is -1.52. The Kier molecular flexibility index (Phi) is 6.34. The number of methoxy groups -OCH3 is 1. The number of nitrogen functional groups attached to an aromatic ring is 1. The molecule has 0 saturated carbocycles. The third-order valence-corrected chi connectivity index (χ3v) is 6.64. The van der Waals surface area contributed by atoms with E-state index in [0.29, 0.717) is 48.4 Å². The van der Waals surface area contributed by atoms with Gasteiger partial charge in [-0.15, -0.1) is 0 Å². The van der Waals surface area contributed by atoms with Gasteiger partial charge in [-0.25, -0.2) is 19.3 Å². The molecule has 0 aliphatic carbocycles. The second-order valence-electron chi connectivity index (χ2n) is 8.99. The molecule has 1 unspecified atom stereocenters. The van der Waals surface area contributed by atoms with E-state index in [2.05, 4.69) is 25.3 Å². The van der Waals surface area contributed by atoms with Crippen molar-refractivity contribution in [3.05, 3.63) is 54.5 Å². The summed E-state index contributed by atoms with van der Waals surface area (Å²) >= 11 is 0. The number of carbonyl (C=O) groups is 1. The number of fused-ring (bicyclic) bond motifs is 1. The van der Waals surface area contributed by atoms with Crippen LogP contribution in [0.15, 0.2) is 43.1 Å². The van der Waals surface area contributed by atoms with Crippen molar-refractivity contribution in [2.45, 2.75) is 25.0 Å². The summed E-state index contributed by atoms with van der Waals surface area (Å²) in [5.74, 6) is -0.499. The standard InChI is InChI=1S/C25H27FN8O3/c1-28-24(35)25(36)6-3-7-33(12-25)19-10-29-18(15-4-5-20(37-2)17(26)8-15)9-16(19)11-34-14-32-21-22(27)30-13-31-23(21)34/h4-5,8-10,13-14,36H,3,6-7,11-12H2,1-2H3,(H,28,35)(H2,27,30,31). The molecule has 192 valence electrons. The summed E-state index contributed by atoms with van der Waals surface area (Å²) in [6.45, 7) is 1.08. The number of pyridine rings is 1. The number of hydrogen-bond acceptors (Lipinski definition) is 9. The van der Waals surface area contributed by atoms with Crippen molar-refractivity contribution in [3.8, 4) is 17.0 Å². The monoisotopic (exact) mass is 506 g/mol. The van der Waals surface area contributed by atoms with Crippen LogP contribution in [0.25, 0.3) is 22.4 Å². The van der Waals surface area contributed by atoms with Gasteiger partial charge >= 0.3 is 0 Å². The van der Waals surface area contributed by atoms with Crippen LogP contribution in [-0.2, 0) is 11.3 Å². The van der Waals surface area contributed by atoms with Gasteiger partial charge in [0, 0.05) is 19.2 Å². The van der Waals surface area contributed by atoms with Crippen LogP contribution in [0, 0.1) is 5.82 Å². The number of aromatic nitrogens is 5. The molecule has 1 saturated heterocycles. The number of β-amino-alcohol motifs (C(OH)–C–C–N with tert-alkyl or cyclic N) is 1. The van der Waals surface area contributed by atoms with Crippen molar-refractivity contribution in [3.63, 3.8) is 0 Å². The second-order valence-corrected chi connectivity index (χ2v) is 8.99. The topological polar surface area (TPSA) is 144 Å². The predicted octanol–water partition coefficient (Wildman–Crippen LogP) is 1.74. The number of hydrogen-bond donors (Lipinski definition) is 3. The number of aliphatic hydroxyl groups is 1. The zero-order valence-corrected chi connectivity index (χ0v) is 20.5. The van der Waals surface area contributed by atoms with Crippen molar-refractivity contribution in [1.82, 2.24) is 29.8 Å². The smallest absolute Gasteiger partial charge is 0.253 e. The van der Waals surface area contributed by atoms with Crippen LogP contribution in [0.5, 0.6) is 5.75 Å². The highest BCUT2D eigenvalue weighted by Crippen LogP contribution is 2.33. The first kappa shape index (κ1) is 24.4. The van der Waals surface area contributed by atoms with E-state index in [1.165, 1.54) is 26.6 Å². The fourth-order valence-corrected chi connectivity index (χ4v) is 4.74. The molecule has 37 heavy (non-hydrogen) atoms. The van der Waals surface area contributed by atoms with Crippen LogP contribution in [0.1, 0.15) is 18.4 Å². The number of imidazole rings is 1. The van der Waals surface area contributed by atoms with Crippen molar-refractivity contribution in [1.29, 1.82) is 0 Å². The molecule has 3 aromatic heterocycles. The zero-order valence-electron chi connectivity index (χ0n) is 20.5. The number of rotatable bonds is 6. The highest BCUT2D eigenvalue weighted by molar-refractivity contribution is 5.86. The van der Waals surface area contributed by atoms with E-state index in [9.17, 15) is 14.3 Å². The van der Waals surface area contributed by atoms with E-state index >= 15 is 0 Å². The number of nitrogens with zero attached hydrogens (tertiary/aromatic N) is 6. The molecular formula is C25H27FN8O3. The summed E-state index contributed by atoms with van der Waals surface area (Å²) in [4.78, 5) is 31.6. The Morgan fingerprint density at radius 2 is 2.11 bits per heavy atom. The summed E-state index contributed by atoms with van der Waals surface area (Å²) in [5.41, 5.74) is 8.18. The minimum Gasteiger partial charge on any atom is -0.494 e. The highest BCUT2D eigenvalue weighted by atomic mass is 19.1. The molecule has 1 aliphatic rings. The van der Waals surface area contributed by atoms with Gasteiger partial charge in [0.05, 0.1) is 44.1 Å². The number of anilines is 2. The average molecular weight is 507 g/mol. The molecule has 0 radical (unpaired) electrons. The number of halogens is 1. The Balaban J connectivity index is 1.58. The first-order valence-electron chi connectivity index (χ1n) is 11.8. The van der Waals surface area contributed by atoms with Crippen molar-refractivity contribution in [2.24, 2.45) is 0 Å². The molecule has 1 aliphatic heterocycles. The lowest BCUT2D eigenvalue weighted by atomic mass is 9.91. The molecule has 5 rings (SSSR count). The van der Waals surface area contributed by atoms with Crippen LogP contribution in [-0.4, -0.2) is 68.4 Å². The van der Waals surface area contributed by atoms with Crippen molar-refractivity contribution >= 4 is 28.6 Å². The molecule has 11 nitrogen and oxygen atoms in total. The number of nitrogens with one attached hydrogen (secondary N) is 1. The molecule has 1 aromatic carbocycles. The average Bonchev–Trinajstić information content (AvgIpc) is 3.32. The van der Waals surface area contributed by atoms with E-state index in [0.717, 1.165) is 11.3 Å². The zero-order chi connectivity index (χ0) is 26.2. The van der Waals surface area contributed by atoms with E-state index in [4.69, 9.17) is 10.5 Å². The van der Waals surface area contributed by atoms with Gasteiger partial charge in [-0.1, -0.05) is 0 Å². The Bertz CT molecular complexity index is 1480. The van der Waals surface area contributed by atoms with Crippen LogP contribution in [0.2, 0.25) is 0 Å². The van der Waals surface area contributed by atoms with Crippen LogP contribution >= 0.6 is 0 Å². The Hall–Kier alpha value is -4.32. The summed E-state index contributed by atoms with van der Waals surface area (Å²) in [6.07, 6.45) is 5.67. The Morgan fingerprint density at radius 3 is 2.86 bits per heavy atom. The largest absolute Gasteiger partial charge is 0.494 e. The summed E-state index contributed by atoms with van der Waals surface area (Å²) in [7, 11) is 2.92. The first-order valence-corrected chi connectivity index (χ1v) is 11.8. The van der Waals surface area contributed by atoms with E-state index in [1.807, 2.05) is 15.5 Å². The van der Waals surface area contributed by atoms with Crippen molar-refractivity contribution in [2.75, 3.05) is 37.9 Å². The van der Waals surface area contributed by atoms with Gasteiger partial charge < -0.3 is 30.4 Å². The molecule has 4 heterocycles. The number of amides is 1. The lowest BCUT2D eigenvalue weighted by Crippen LogP contribution is -2.56. The van der Waals surface area contributed by atoms with Gasteiger partial charge in [-0.05, 0) is 42.7 Å². The molecule has 12 heteroatoms. The number of piperidine rings is 1. The number of carbonyl (C=O) groups excluding carboxylic acids is 1. The SMILES string of the molecule is CNC(=O)C1(O)CCCN(c2cnc(-c3ccc(OC)c(F)c3)cc2Cn2cnc3c(N)ncnc32)C1. The molecule has 1 atom stereocenters. The maximum Gasteiger partial charge on any atom is 0.253 e. The maximum absolute atomic E-state index is 14.5. The van der Waals surface area contributed by atoms with Crippen LogP contribution in [0.3, 0.4) is 0 Å². The molecule has 1 fully saturated rings. The lowest BCUT2D eigenvalue weighted by Gasteiger charge is -2.39. The van der Waals surface area contributed by atoms with E-state index < -0.39 is 17.3 Å². The second kappa shape index (κ2) is 9.62. The third-order valence-electron chi connectivity index (χ3n) is 6.64. The van der Waals surface area contributed by atoms with E-state index in [-0.39, 0.29) is 18.1 Å². The molecule has 4 N–H and O–H groups in total. The van der Waals surface area contributed by atoms with Gasteiger partial charge in [-0.3, -0.25) is 9.78 Å². The Morgan fingerprint density at radius 1 is 1.27 bits per heavy atom. The summed E-state index contributed by atoms with van der Waals surface area (Å²) < 4.78 is 21.3. The van der Waals surface area contributed by atoms with Gasteiger partial charge in [0.2, 0.25) is 0 Å². The van der Waals surface area contributed by atoms with Gasteiger partial charge in [0.25, 0.3) is 5.91 Å². The predicted molar refractivity (Wildman–Crippen MR) is 135 cm³/mol. The quantitative estimate of drug-likeness (QED) is 0.356. The number of likely N-dealkylation sites (N-methyl/N-ethyl adjacent to an activating group) is 1. The lowest BCUT2D eigenvalue weighted by molar-refractivity contribution is -0.140. The normalized spacial score (nSPS) is 17.7. The maximum atomic E-state index is 14.5. The highest BCUT2D eigenvalue weighted by Gasteiger charge is 2.40. The molecular weight excluding hydrogens is 479 g/mol. The Labute approximate surface area is 212 Å². The fraction of sp³-hybridized carbons (Fsp3) is 0.320. The third kappa shape index (κ3) is 4.51. The van der Waals surface area contributed by atoms with E-state index in [1.54, 1.807) is 24.7 Å². The van der Waals surface area contributed by atoms with Crippen molar-refractivity contribution < 1.29 is 19.0 Å².